The molecule has 0 aliphatic carbocycles. The van der Waals surface area contributed by atoms with Crippen LogP contribution in [0.2, 0.25) is 0 Å². The number of hydrogen-bond acceptors (Lipinski definition) is 3. The first-order valence-corrected chi connectivity index (χ1v) is 8.67. The Balaban J connectivity index is 1.59. The molecule has 0 fully saturated rings. The fourth-order valence-corrected chi connectivity index (χ4v) is 3.18. The van der Waals surface area contributed by atoms with Gasteiger partial charge in [0.2, 0.25) is 10.0 Å². The molecule has 2 aromatic rings. The number of benzene rings is 1. The molecular weight excluding hydrogens is 286 g/mol. The Kier molecular flexibility index (Phi) is 5.95. The molecule has 1 heterocycles. The second-order valence-electron chi connectivity index (χ2n) is 4.93. The quantitative estimate of drug-likeness (QED) is 0.724. The van der Waals surface area contributed by atoms with E-state index >= 15 is 0 Å². The lowest BCUT2D eigenvalue weighted by Gasteiger charge is -2.06. The highest BCUT2D eigenvalue weighted by molar-refractivity contribution is 7.89. The lowest BCUT2D eigenvalue weighted by Crippen LogP contribution is -2.24. The fraction of sp³-hybridized carbons (Fsp3) is 0.400. The van der Waals surface area contributed by atoms with Crippen molar-refractivity contribution in [1.29, 1.82) is 0 Å². The Labute approximate surface area is 126 Å². The summed E-state index contributed by atoms with van der Waals surface area (Å²) in [6, 6.07) is 8.47. The normalized spacial score (nSPS) is 11.6. The number of nitrogens with zero attached hydrogens (tertiary/aromatic N) is 2. The summed E-state index contributed by atoms with van der Waals surface area (Å²) in [5.41, 5.74) is 0. The first kappa shape index (κ1) is 15.7. The number of rotatable bonds is 9. The van der Waals surface area contributed by atoms with E-state index in [1.165, 1.54) is 0 Å². The number of unbranched alkanes of at least 4 members (excludes halogenated alkanes) is 3. The third kappa shape index (κ3) is 5.32. The minimum atomic E-state index is -3.35. The summed E-state index contributed by atoms with van der Waals surface area (Å²) in [5.74, 6) is 0. The molecule has 1 aromatic carbocycles. The maximum absolute atomic E-state index is 12.0. The molecule has 0 spiro atoms. The SMILES string of the molecule is O=S(=O)(NCCCCCCn1ccnc1)c1ccccc1. The Morgan fingerprint density at radius 1 is 1.05 bits per heavy atom. The van der Waals surface area contributed by atoms with Gasteiger partial charge in [0.25, 0.3) is 0 Å². The van der Waals surface area contributed by atoms with E-state index in [9.17, 15) is 8.42 Å². The van der Waals surface area contributed by atoms with Crippen LogP contribution in [0.1, 0.15) is 25.7 Å². The van der Waals surface area contributed by atoms with Crippen molar-refractivity contribution < 1.29 is 8.42 Å². The maximum Gasteiger partial charge on any atom is 0.240 e. The van der Waals surface area contributed by atoms with Crippen molar-refractivity contribution in [3.63, 3.8) is 0 Å². The third-order valence-electron chi connectivity index (χ3n) is 3.25. The third-order valence-corrected chi connectivity index (χ3v) is 4.72. The minimum absolute atomic E-state index is 0.324. The molecule has 2 rings (SSSR count). The van der Waals surface area contributed by atoms with Crippen LogP contribution in [0.5, 0.6) is 0 Å². The van der Waals surface area contributed by atoms with Crippen LogP contribution in [0, 0.1) is 0 Å². The van der Waals surface area contributed by atoms with Crippen LogP contribution in [-0.2, 0) is 16.6 Å². The van der Waals surface area contributed by atoms with Gasteiger partial charge in [-0.3, -0.25) is 0 Å². The molecule has 0 radical (unpaired) electrons. The van der Waals surface area contributed by atoms with E-state index in [-0.39, 0.29) is 0 Å². The van der Waals surface area contributed by atoms with Crippen molar-refractivity contribution in [2.75, 3.05) is 6.54 Å². The van der Waals surface area contributed by atoms with Crippen molar-refractivity contribution in [2.24, 2.45) is 0 Å². The minimum Gasteiger partial charge on any atom is -0.337 e. The second-order valence-corrected chi connectivity index (χ2v) is 6.69. The van der Waals surface area contributed by atoms with Crippen LogP contribution in [0.3, 0.4) is 0 Å². The van der Waals surface area contributed by atoms with Crippen molar-refractivity contribution >= 4 is 10.0 Å². The van der Waals surface area contributed by atoms with Gasteiger partial charge in [0.1, 0.15) is 0 Å². The summed E-state index contributed by atoms with van der Waals surface area (Å²) in [6.07, 6.45) is 9.59. The van der Waals surface area contributed by atoms with Gasteiger partial charge in [0, 0.05) is 25.5 Å². The zero-order valence-corrected chi connectivity index (χ0v) is 12.8. The summed E-state index contributed by atoms with van der Waals surface area (Å²) in [7, 11) is -3.35. The highest BCUT2D eigenvalue weighted by Crippen LogP contribution is 2.07. The van der Waals surface area contributed by atoms with Gasteiger partial charge in [-0.2, -0.15) is 0 Å². The highest BCUT2D eigenvalue weighted by atomic mass is 32.2. The number of aromatic nitrogens is 2. The van der Waals surface area contributed by atoms with E-state index in [2.05, 4.69) is 14.3 Å². The van der Waals surface area contributed by atoms with Gasteiger partial charge in [-0.05, 0) is 25.0 Å². The molecule has 0 atom stereocenters. The molecule has 0 bridgehead atoms. The van der Waals surface area contributed by atoms with Gasteiger partial charge < -0.3 is 4.57 Å². The Morgan fingerprint density at radius 2 is 1.81 bits per heavy atom. The van der Waals surface area contributed by atoms with Crippen molar-refractivity contribution in [3.05, 3.63) is 49.1 Å². The number of nitrogens with one attached hydrogen (secondary N) is 1. The largest absolute Gasteiger partial charge is 0.337 e. The van der Waals surface area contributed by atoms with Crippen molar-refractivity contribution in [2.45, 2.75) is 37.1 Å². The van der Waals surface area contributed by atoms with Gasteiger partial charge >= 0.3 is 0 Å². The fourth-order valence-electron chi connectivity index (χ4n) is 2.08. The predicted molar refractivity (Wildman–Crippen MR) is 82.3 cm³/mol. The summed E-state index contributed by atoms with van der Waals surface area (Å²) in [4.78, 5) is 4.32. The van der Waals surface area contributed by atoms with E-state index in [4.69, 9.17) is 0 Å². The molecular formula is C15H21N3O2S. The molecule has 1 N–H and O–H groups in total. The second kappa shape index (κ2) is 7.95. The van der Waals surface area contributed by atoms with Crippen LogP contribution in [0.25, 0.3) is 0 Å². The number of aryl methyl sites for hydroxylation is 1. The standard InChI is InChI=1S/C15H21N3O2S/c19-21(20,15-8-4-3-5-9-15)17-10-6-1-2-7-12-18-13-11-16-14-18/h3-5,8-9,11,13-14,17H,1-2,6-7,10,12H2. The maximum atomic E-state index is 12.0. The lowest BCUT2D eigenvalue weighted by molar-refractivity contribution is 0.556. The van der Waals surface area contributed by atoms with Gasteiger partial charge in [-0.1, -0.05) is 31.0 Å². The Bertz CT molecular complexity index is 610. The molecule has 21 heavy (non-hydrogen) atoms. The van der Waals surface area contributed by atoms with Gasteiger partial charge in [0.05, 0.1) is 11.2 Å². The average molecular weight is 307 g/mol. The van der Waals surface area contributed by atoms with E-state index in [1.807, 2.05) is 12.5 Å². The predicted octanol–water partition coefficient (Wildman–Crippen LogP) is 2.42. The topological polar surface area (TPSA) is 64.0 Å². The van der Waals surface area contributed by atoms with Gasteiger partial charge in [-0.15, -0.1) is 0 Å². The molecule has 1 aromatic heterocycles. The molecule has 6 heteroatoms. The summed E-state index contributed by atoms with van der Waals surface area (Å²) in [6.45, 7) is 1.46. The first-order chi connectivity index (χ1) is 10.2. The molecule has 0 aliphatic rings. The van der Waals surface area contributed by atoms with Crippen molar-refractivity contribution in [1.82, 2.24) is 14.3 Å². The number of hydrogen-bond donors (Lipinski definition) is 1. The number of sulfonamides is 1. The monoisotopic (exact) mass is 307 g/mol. The zero-order valence-electron chi connectivity index (χ0n) is 12.0. The molecule has 0 amide bonds. The van der Waals surface area contributed by atoms with E-state index < -0.39 is 10.0 Å². The molecule has 0 aliphatic heterocycles. The Hall–Kier alpha value is -1.66. The van der Waals surface area contributed by atoms with Crippen molar-refractivity contribution in [3.8, 4) is 0 Å². The molecule has 114 valence electrons. The van der Waals surface area contributed by atoms with Crippen LogP contribution in [0.15, 0.2) is 53.9 Å². The van der Waals surface area contributed by atoms with Gasteiger partial charge in [0.15, 0.2) is 0 Å². The van der Waals surface area contributed by atoms with Crippen LogP contribution < -0.4 is 4.72 Å². The van der Waals surface area contributed by atoms with Crippen LogP contribution in [-0.4, -0.2) is 24.5 Å². The van der Waals surface area contributed by atoms with E-state index in [1.54, 1.807) is 36.5 Å². The number of imidazole rings is 1. The molecule has 5 nitrogen and oxygen atoms in total. The summed E-state index contributed by atoms with van der Waals surface area (Å²) >= 11 is 0. The van der Waals surface area contributed by atoms with Crippen LogP contribution >= 0.6 is 0 Å². The molecule has 0 saturated heterocycles. The molecule has 0 unspecified atom stereocenters. The zero-order chi connectivity index (χ0) is 15.0. The van der Waals surface area contributed by atoms with E-state index in [0.29, 0.717) is 11.4 Å². The van der Waals surface area contributed by atoms with Crippen LogP contribution in [0.4, 0.5) is 0 Å². The smallest absolute Gasteiger partial charge is 0.240 e. The Morgan fingerprint density at radius 3 is 2.52 bits per heavy atom. The average Bonchev–Trinajstić information content (AvgIpc) is 3.00. The lowest BCUT2D eigenvalue weighted by atomic mass is 10.2. The summed E-state index contributed by atoms with van der Waals surface area (Å²) < 4.78 is 28.6. The van der Waals surface area contributed by atoms with Gasteiger partial charge in [-0.25, -0.2) is 18.1 Å². The highest BCUT2D eigenvalue weighted by Gasteiger charge is 2.11. The first-order valence-electron chi connectivity index (χ1n) is 7.19. The summed E-state index contributed by atoms with van der Waals surface area (Å²) in [5, 5.41) is 0. The van der Waals surface area contributed by atoms with E-state index in [0.717, 1.165) is 32.2 Å². The molecule has 0 saturated carbocycles.